The first-order valence-corrected chi connectivity index (χ1v) is 3.80. The number of carbonyl (C=O) groups excluding carboxylic acids is 2. The molecule has 0 aliphatic rings. The minimum atomic E-state index is -0.925. The summed E-state index contributed by atoms with van der Waals surface area (Å²) in [5, 5.41) is 0. The van der Waals surface area contributed by atoms with Crippen LogP contribution in [0.25, 0.3) is 0 Å². The second-order valence-electron chi connectivity index (χ2n) is 2.48. The fourth-order valence-corrected chi connectivity index (χ4v) is 1.02. The monoisotopic (exact) mass is 177 g/mol. The first-order valence-electron chi connectivity index (χ1n) is 3.80. The van der Waals surface area contributed by atoms with Gasteiger partial charge in [0.15, 0.2) is 0 Å². The smallest absolute Gasteiger partial charge is 0.321 e. The predicted octanol–water partition coefficient (Wildman–Crippen LogP) is 1.05. The van der Waals surface area contributed by atoms with E-state index in [1.807, 2.05) is 6.07 Å². The summed E-state index contributed by atoms with van der Waals surface area (Å²) >= 11 is 0. The molecule has 0 bridgehead atoms. The van der Waals surface area contributed by atoms with Crippen LogP contribution in [0.5, 0.6) is 0 Å². The van der Waals surface area contributed by atoms with Crippen molar-refractivity contribution in [1.29, 1.82) is 0 Å². The lowest BCUT2D eigenvalue weighted by Crippen LogP contribution is -2.15. The Morgan fingerprint density at radius 2 is 2.00 bits per heavy atom. The van der Waals surface area contributed by atoms with E-state index in [1.54, 1.807) is 30.6 Å². The van der Waals surface area contributed by atoms with Gasteiger partial charge in [0, 0.05) is 0 Å². The van der Waals surface area contributed by atoms with Crippen LogP contribution >= 0.6 is 0 Å². The third-order valence-electron chi connectivity index (χ3n) is 1.69. The highest BCUT2D eigenvalue weighted by Crippen LogP contribution is 2.13. The van der Waals surface area contributed by atoms with Gasteiger partial charge in [-0.15, -0.1) is 0 Å². The van der Waals surface area contributed by atoms with E-state index in [0.717, 1.165) is 0 Å². The van der Waals surface area contributed by atoms with Gasteiger partial charge in [0.2, 0.25) is 6.29 Å². The molecule has 0 fully saturated rings. The van der Waals surface area contributed by atoms with Crippen molar-refractivity contribution in [3.05, 3.63) is 35.9 Å². The van der Waals surface area contributed by atoms with Crippen molar-refractivity contribution in [3.63, 3.8) is 0 Å². The lowest BCUT2D eigenvalue weighted by atomic mass is 10.0. The van der Waals surface area contributed by atoms with Crippen LogP contribution in [0, 0.1) is 0 Å². The van der Waals surface area contributed by atoms with E-state index < -0.39 is 11.9 Å². The van der Waals surface area contributed by atoms with Crippen LogP contribution in [-0.4, -0.2) is 19.4 Å². The maximum Gasteiger partial charge on any atom is 0.321 e. The quantitative estimate of drug-likeness (QED) is 0.512. The maximum absolute atomic E-state index is 11.1. The number of methoxy groups -OCH3 is 1. The number of rotatable bonds is 3. The van der Waals surface area contributed by atoms with Crippen LogP contribution < -0.4 is 0 Å². The standard InChI is InChI=1S/C10H9O3/c1-13-10(12)9(7-11)8-5-3-2-4-6-8/h2-6,9H,1H3. The van der Waals surface area contributed by atoms with E-state index in [4.69, 9.17) is 0 Å². The van der Waals surface area contributed by atoms with Gasteiger partial charge in [0.05, 0.1) is 7.11 Å². The zero-order valence-corrected chi connectivity index (χ0v) is 7.19. The summed E-state index contributed by atoms with van der Waals surface area (Å²) in [4.78, 5) is 21.5. The van der Waals surface area contributed by atoms with Crippen molar-refractivity contribution >= 4 is 12.3 Å². The summed E-state index contributed by atoms with van der Waals surface area (Å²) in [6.07, 6.45) is 1.64. The fourth-order valence-electron chi connectivity index (χ4n) is 1.02. The maximum atomic E-state index is 11.1. The molecule has 3 heteroatoms. The molecule has 0 saturated carbocycles. The number of hydrogen-bond acceptors (Lipinski definition) is 3. The van der Waals surface area contributed by atoms with Gasteiger partial charge in [0.25, 0.3) is 0 Å². The lowest BCUT2D eigenvalue weighted by molar-refractivity contribution is -0.140. The van der Waals surface area contributed by atoms with E-state index in [1.165, 1.54) is 7.11 Å². The van der Waals surface area contributed by atoms with E-state index in [9.17, 15) is 9.59 Å². The molecule has 67 valence electrons. The SMILES string of the molecule is COC(=O)C([C]=O)c1ccccc1. The van der Waals surface area contributed by atoms with E-state index in [2.05, 4.69) is 4.74 Å². The average molecular weight is 177 g/mol. The molecular formula is C10H9O3. The summed E-state index contributed by atoms with van der Waals surface area (Å²) in [6.45, 7) is 0. The Hall–Kier alpha value is -1.64. The Morgan fingerprint density at radius 3 is 2.46 bits per heavy atom. The number of esters is 1. The number of benzene rings is 1. The summed E-state index contributed by atoms with van der Waals surface area (Å²) in [6, 6.07) is 8.69. The molecule has 1 unspecified atom stereocenters. The molecule has 1 aromatic carbocycles. The highest BCUT2D eigenvalue weighted by molar-refractivity contribution is 5.94. The van der Waals surface area contributed by atoms with Gasteiger partial charge in [-0.2, -0.15) is 0 Å². The number of carbonyl (C=O) groups is 1. The Morgan fingerprint density at radius 1 is 1.38 bits per heavy atom. The molecule has 1 radical (unpaired) electrons. The second-order valence-corrected chi connectivity index (χ2v) is 2.48. The van der Waals surface area contributed by atoms with Crippen molar-refractivity contribution < 1.29 is 14.3 Å². The van der Waals surface area contributed by atoms with E-state index in [-0.39, 0.29) is 0 Å². The third-order valence-corrected chi connectivity index (χ3v) is 1.69. The molecule has 0 aliphatic carbocycles. The molecule has 1 rings (SSSR count). The molecule has 1 aromatic rings. The molecule has 0 aliphatic heterocycles. The Balaban J connectivity index is 2.91. The van der Waals surface area contributed by atoms with Crippen molar-refractivity contribution in [1.82, 2.24) is 0 Å². The van der Waals surface area contributed by atoms with E-state index >= 15 is 0 Å². The molecular weight excluding hydrogens is 168 g/mol. The predicted molar refractivity (Wildman–Crippen MR) is 46.9 cm³/mol. The minimum Gasteiger partial charge on any atom is -0.468 e. The van der Waals surface area contributed by atoms with Gasteiger partial charge in [-0.3, -0.25) is 9.59 Å². The lowest BCUT2D eigenvalue weighted by Gasteiger charge is -2.06. The molecule has 0 spiro atoms. The summed E-state index contributed by atoms with van der Waals surface area (Å²) in [5.41, 5.74) is 0.601. The van der Waals surface area contributed by atoms with Gasteiger partial charge in [-0.05, 0) is 5.56 Å². The Kier molecular flexibility index (Phi) is 3.20. The van der Waals surface area contributed by atoms with Crippen LogP contribution in [0.4, 0.5) is 0 Å². The van der Waals surface area contributed by atoms with Gasteiger partial charge < -0.3 is 4.74 Å². The van der Waals surface area contributed by atoms with Crippen LogP contribution in [0.2, 0.25) is 0 Å². The fraction of sp³-hybridized carbons (Fsp3) is 0.200. The van der Waals surface area contributed by atoms with Crippen molar-refractivity contribution in [2.24, 2.45) is 0 Å². The number of ether oxygens (including phenoxy) is 1. The Bertz CT molecular complexity index is 292. The third kappa shape index (κ3) is 2.15. The van der Waals surface area contributed by atoms with Crippen molar-refractivity contribution in [2.45, 2.75) is 5.92 Å². The largest absolute Gasteiger partial charge is 0.468 e. The van der Waals surface area contributed by atoms with Gasteiger partial charge >= 0.3 is 5.97 Å². The summed E-state index contributed by atoms with van der Waals surface area (Å²) in [5.74, 6) is -1.51. The van der Waals surface area contributed by atoms with Gasteiger partial charge in [-0.25, -0.2) is 0 Å². The molecule has 0 N–H and O–H groups in total. The first-order chi connectivity index (χ1) is 6.29. The average Bonchev–Trinajstić information content (AvgIpc) is 2.20. The van der Waals surface area contributed by atoms with Crippen molar-refractivity contribution in [2.75, 3.05) is 7.11 Å². The zero-order chi connectivity index (χ0) is 9.68. The molecule has 0 saturated heterocycles. The second kappa shape index (κ2) is 4.40. The molecule has 0 amide bonds. The first kappa shape index (κ1) is 9.45. The molecule has 1 atom stereocenters. The number of hydrogen-bond donors (Lipinski definition) is 0. The summed E-state index contributed by atoms with van der Waals surface area (Å²) < 4.78 is 4.46. The van der Waals surface area contributed by atoms with Crippen molar-refractivity contribution in [3.8, 4) is 0 Å². The highest BCUT2D eigenvalue weighted by atomic mass is 16.5. The molecule has 3 nitrogen and oxygen atoms in total. The zero-order valence-electron chi connectivity index (χ0n) is 7.19. The topological polar surface area (TPSA) is 43.4 Å². The minimum absolute atomic E-state index is 0.582. The summed E-state index contributed by atoms with van der Waals surface area (Å²) in [7, 11) is 1.25. The van der Waals surface area contributed by atoms with Crippen LogP contribution in [-0.2, 0) is 14.3 Å². The highest BCUT2D eigenvalue weighted by Gasteiger charge is 2.20. The normalized spacial score (nSPS) is 11.8. The Labute approximate surface area is 76.3 Å². The molecule has 0 aromatic heterocycles. The van der Waals surface area contributed by atoms with E-state index in [0.29, 0.717) is 5.56 Å². The van der Waals surface area contributed by atoms with Crippen LogP contribution in [0.1, 0.15) is 11.5 Å². The van der Waals surface area contributed by atoms with Crippen LogP contribution in [0.15, 0.2) is 30.3 Å². The van der Waals surface area contributed by atoms with Gasteiger partial charge in [-0.1, -0.05) is 30.3 Å². The van der Waals surface area contributed by atoms with Crippen LogP contribution in [0.3, 0.4) is 0 Å². The molecule has 0 heterocycles. The van der Waals surface area contributed by atoms with Gasteiger partial charge in [0.1, 0.15) is 5.92 Å². The molecule has 13 heavy (non-hydrogen) atoms.